The largest absolute Gasteiger partial charge is 0.497 e. The fourth-order valence-electron chi connectivity index (χ4n) is 3.39. The number of nitrogens with zero attached hydrogens (tertiary/aromatic N) is 4. The van der Waals surface area contributed by atoms with Gasteiger partial charge < -0.3 is 4.74 Å². The van der Waals surface area contributed by atoms with Crippen LogP contribution in [0.4, 0.5) is 0 Å². The highest BCUT2D eigenvalue weighted by molar-refractivity contribution is 6.30. The minimum absolute atomic E-state index is 0.683. The topological polar surface area (TPSA) is 52.3 Å². The maximum Gasteiger partial charge on any atom is 0.187 e. The third-order valence-corrected chi connectivity index (χ3v) is 5.16. The van der Waals surface area contributed by atoms with E-state index in [0.717, 1.165) is 39.4 Å². The second-order valence-corrected chi connectivity index (χ2v) is 7.22. The molecule has 2 heterocycles. The molecule has 0 saturated carbocycles. The lowest BCUT2D eigenvalue weighted by atomic mass is 10.2. The second kappa shape index (κ2) is 7.61. The van der Waals surface area contributed by atoms with Crippen LogP contribution in [0.3, 0.4) is 0 Å². The van der Waals surface area contributed by atoms with Gasteiger partial charge >= 0.3 is 0 Å². The maximum atomic E-state index is 6.06. The van der Waals surface area contributed by atoms with Gasteiger partial charge in [-0.25, -0.2) is 4.98 Å². The van der Waals surface area contributed by atoms with Crippen LogP contribution in [-0.2, 0) is 0 Å². The predicted octanol–water partition coefficient (Wildman–Crippen LogP) is 5.78. The first-order chi connectivity index (χ1) is 14.7. The summed E-state index contributed by atoms with van der Waals surface area (Å²) in [6.45, 7) is 0. The molecule has 0 aliphatic rings. The van der Waals surface area contributed by atoms with Crippen LogP contribution in [0, 0.1) is 0 Å². The number of ether oxygens (including phenoxy) is 1. The fraction of sp³-hybridized carbons (Fsp3) is 0.0417. The lowest BCUT2D eigenvalue weighted by molar-refractivity contribution is 0.415. The maximum absolute atomic E-state index is 6.06. The van der Waals surface area contributed by atoms with Crippen molar-refractivity contribution in [1.29, 1.82) is 0 Å². The van der Waals surface area contributed by atoms with Crippen LogP contribution >= 0.6 is 11.6 Å². The molecule has 6 heteroatoms. The van der Waals surface area contributed by atoms with Gasteiger partial charge in [0.1, 0.15) is 11.4 Å². The molecule has 0 unspecified atom stereocenters. The normalized spacial score (nSPS) is 11.5. The molecule has 5 nitrogen and oxygen atoms in total. The lowest BCUT2D eigenvalue weighted by Gasteiger charge is -2.07. The van der Waals surface area contributed by atoms with E-state index < -0.39 is 0 Å². The van der Waals surface area contributed by atoms with Crippen molar-refractivity contribution >= 4 is 40.4 Å². The van der Waals surface area contributed by atoms with Crippen LogP contribution in [0.5, 0.6) is 5.75 Å². The van der Waals surface area contributed by atoms with Crippen molar-refractivity contribution in [1.82, 2.24) is 19.6 Å². The van der Waals surface area contributed by atoms with Crippen molar-refractivity contribution in [2.75, 3.05) is 7.11 Å². The molecule has 0 radical (unpaired) electrons. The summed E-state index contributed by atoms with van der Waals surface area (Å²) in [7, 11) is 1.66. The number of halogens is 1. The van der Waals surface area contributed by atoms with Crippen molar-refractivity contribution < 1.29 is 4.74 Å². The van der Waals surface area contributed by atoms with Gasteiger partial charge in [0.05, 0.1) is 18.1 Å². The Morgan fingerprint density at radius 2 is 1.63 bits per heavy atom. The van der Waals surface area contributed by atoms with Crippen LogP contribution < -0.4 is 4.74 Å². The summed E-state index contributed by atoms with van der Waals surface area (Å²) in [6, 6.07) is 23.4. The van der Waals surface area contributed by atoms with Crippen molar-refractivity contribution in [2.45, 2.75) is 0 Å². The van der Waals surface area contributed by atoms with Crippen LogP contribution in [0.2, 0.25) is 5.02 Å². The molecule has 0 fully saturated rings. The Hall–Kier alpha value is -3.70. The summed E-state index contributed by atoms with van der Waals surface area (Å²) >= 11 is 6.06. The van der Waals surface area contributed by atoms with Gasteiger partial charge in [-0.1, -0.05) is 41.9 Å². The third-order valence-electron chi connectivity index (χ3n) is 4.91. The van der Waals surface area contributed by atoms with E-state index in [9.17, 15) is 0 Å². The molecular formula is C24H17ClN4O. The molecule has 3 aromatic carbocycles. The molecule has 5 rings (SSSR count). The predicted molar refractivity (Wildman–Crippen MR) is 121 cm³/mol. The van der Waals surface area contributed by atoms with Crippen LogP contribution in [0.15, 0.2) is 72.8 Å². The summed E-state index contributed by atoms with van der Waals surface area (Å²) in [5.41, 5.74) is 5.24. The minimum atomic E-state index is 0.683. The van der Waals surface area contributed by atoms with Crippen LogP contribution in [0.25, 0.3) is 40.2 Å². The SMILES string of the molecule is COc1ccc(/C=C/c2nc3ccccc3n3c(-c4ccc(Cl)cc4)nnc23)cc1. The second-order valence-electron chi connectivity index (χ2n) is 6.78. The molecule has 0 aliphatic carbocycles. The summed E-state index contributed by atoms with van der Waals surface area (Å²) in [6.07, 6.45) is 3.97. The summed E-state index contributed by atoms with van der Waals surface area (Å²) in [5, 5.41) is 9.60. The molecule has 0 atom stereocenters. The van der Waals surface area contributed by atoms with Gasteiger partial charge in [0.15, 0.2) is 11.5 Å². The first kappa shape index (κ1) is 18.3. The molecule has 146 valence electrons. The number of hydrogen-bond acceptors (Lipinski definition) is 4. The van der Waals surface area contributed by atoms with E-state index in [1.165, 1.54) is 0 Å². The quantitative estimate of drug-likeness (QED) is 0.375. The monoisotopic (exact) mass is 412 g/mol. The number of benzene rings is 3. The van der Waals surface area contributed by atoms with E-state index in [2.05, 4.69) is 10.2 Å². The van der Waals surface area contributed by atoms with Gasteiger partial charge in [0, 0.05) is 10.6 Å². The number of para-hydroxylation sites is 2. The van der Waals surface area contributed by atoms with Gasteiger partial charge in [-0.15, -0.1) is 10.2 Å². The molecule has 0 saturated heterocycles. The summed E-state index contributed by atoms with van der Waals surface area (Å²) < 4.78 is 7.26. The smallest absolute Gasteiger partial charge is 0.187 e. The first-order valence-corrected chi connectivity index (χ1v) is 9.83. The molecule has 2 aromatic heterocycles. The summed E-state index contributed by atoms with van der Waals surface area (Å²) in [5.74, 6) is 1.57. The van der Waals surface area contributed by atoms with Gasteiger partial charge in [-0.05, 0) is 60.2 Å². The number of rotatable bonds is 4. The number of methoxy groups -OCH3 is 1. The van der Waals surface area contributed by atoms with Crippen LogP contribution in [0.1, 0.15) is 11.3 Å². The fourth-order valence-corrected chi connectivity index (χ4v) is 3.52. The number of fused-ring (bicyclic) bond motifs is 3. The van der Waals surface area contributed by atoms with Crippen molar-refractivity contribution in [2.24, 2.45) is 0 Å². The number of hydrogen-bond donors (Lipinski definition) is 0. The van der Waals surface area contributed by atoms with E-state index >= 15 is 0 Å². The van der Waals surface area contributed by atoms with Crippen molar-refractivity contribution in [3.8, 4) is 17.1 Å². The van der Waals surface area contributed by atoms with Gasteiger partial charge in [0.2, 0.25) is 0 Å². The van der Waals surface area contributed by atoms with Crippen LogP contribution in [-0.4, -0.2) is 26.7 Å². The Morgan fingerprint density at radius 3 is 2.40 bits per heavy atom. The highest BCUT2D eigenvalue weighted by atomic mass is 35.5. The molecule has 0 bridgehead atoms. The Balaban J connectivity index is 1.68. The number of aromatic nitrogens is 4. The minimum Gasteiger partial charge on any atom is -0.497 e. The molecule has 30 heavy (non-hydrogen) atoms. The molecule has 0 amide bonds. The molecular weight excluding hydrogens is 396 g/mol. The average molecular weight is 413 g/mol. The van der Waals surface area contributed by atoms with Gasteiger partial charge in [-0.2, -0.15) is 0 Å². The van der Waals surface area contributed by atoms with E-state index in [1.807, 2.05) is 89.3 Å². The van der Waals surface area contributed by atoms with E-state index in [1.54, 1.807) is 7.11 Å². The Kier molecular flexibility index (Phi) is 4.65. The third kappa shape index (κ3) is 3.29. The standard InChI is InChI=1S/C24H17ClN4O/c1-30-19-13-6-16(7-14-19)8-15-21-24-28-27-23(17-9-11-18(25)12-10-17)29(24)22-5-3-2-4-20(22)26-21/h2-15H,1H3/b15-8+. The highest BCUT2D eigenvalue weighted by Crippen LogP contribution is 2.26. The average Bonchev–Trinajstić information content (AvgIpc) is 3.24. The van der Waals surface area contributed by atoms with Crippen molar-refractivity contribution in [3.63, 3.8) is 0 Å². The molecule has 5 aromatic rings. The zero-order valence-corrected chi connectivity index (χ0v) is 16.9. The Labute approximate surface area is 178 Å². The van der Waals surface area contributed by atoms with Gasteiger partial charge in [-0.3, -0.25) is 4.40 Å². The Morgan fingerprint density at radius 1 is 0.867 bits per heavy atom. The van der Waals surface area contributed by atoms with Gasteiger partial charge in [0.25, 0.3) is 0 Å². The molecule has 0 N–H and O–H groups in total. The Bertz CT molecular complexity index is 1370. The molecule has 0 spiro atoms. The van der Waals surface area contributed by atoms with Crippen molar-refractivity contribution in [3.05, 3.63) is 89.1 Å². The molecule has 0 aliphatic heterocycles. The summed E-state index contributed by atoms with van der Waals surface area (Å²) in [4.78, 5) is 4.82. The zero-order valence-electron chi connectivity index (χ0n) is 16.2. The highest BCUT2D eigenvalue weighted by Gasteiger charge is 2.15. The van der Waals surface area contributed by atoms with E-state index in [0.29, 0.717) is 10.7 Å². The lowest BCUT2D eigenvalue weighted by Crippen LogP contribution is -1.97. The first-order valence-electron chi connectivity index (χ1n) is 9.45. The van der Waals surface area contributed by atoms with E-state index in [4.69, 9.17) is 21.3 Å². The zero-order chi connectivity index (χ0) is 20.5. The van der Waals surface area contributed by atoms with E-state index in [-0.39, 0.29) is 0 Å².